The predicted octanol–water partition coefficient (Wildman–Crippen LogP) is 3.29. The first-order chi connectivity index (χ1) is 11.3. The van der Waals surface area contributed by atoms with Crippen molar-refractivity contribution in [3.05, 3.63) is 23.9 Å². The van der Waals surface area contributed by atoms with E-state index in [1.807, 2.05) is 32.9 Å². The van der Waals surface area contributed by atoms with Crippen LogP contribution in [0.3, 0.4) is 0 Å². The van der Waals surface area contributed by atoms with E-state index in [1.54, 1.807) is 6.20 Å². The summed E-state index contributed by atoms with van der Waals surface area (Å²) in [5.74, 6) is 0.952. The molecule has 5 heteroatoms. The van der Waals surface area contributed by atoms with Crippen molar-refractivity contribution in [2.24, 2.45) is 11.3 Å². The Hall–Kier alpha value is -2.09. The normalized spacial score (nSPS) is 20.3. The number of pyridine rings is 1. The molecule has 1 aliphatic carbocycles. The molecule has 1 aromatic rings. The zero-order valence-corrected chi connectivity index (χ0v) is 14.7. The van der Waals surface area contributed by atoms with Gasteiger partial charge in [0.2, 0.25) is 0 Å². The second kappa shape index (κ2) is 6.08. The topological polar surface area (TPSA) is 66.2 Å². The Morgan fingerprint density at radius 3 is 2.50 bits per heavy atom. The van der Waals surface area contributed by atoms with Gasteiger partial charge in [-0.3, -0.25) is 4.79 Å². The first-order valence-corrected chi connectivity index (χ1v) is 8.64. The molecule has 0 bridgehead atoms. The molecule has 0 N–H and O–H groups in total. The van der Waals surface area contributed by atoms with Crippen molar-refractivity contribution in [2.45, 2.75) is 52.1 Å². The van der Waals surface area contributed by atoms with Crippen molar-refractivity contribution in [3.8, 4) is 6.07 Å². The zero-order chi connectivity index (χ0) is 17.4. The minimum absolute atomic E-state index is 0.0395. The number of ether oxygens (including phenoxy) is 1. The second-order valence-corrected chi connectivity index (χ2v) is 8.18. The number of nitriles is 1. The van der Waals surface area contributed by atoms with Gasteiger partial charge in [-0.05, 0) is 58.6 Å². The van der Waals surface area contributed by atoms with E-state index in [1.165, 1.54) is 0 Å². The van der Waals surface area contributed by atoms with Gasteiger partial charge in [-0.15, -0.1) is 0 Å². The summed E-state index contributed by atoms with van der Waals surface area (Å²) >= 11 is 0. The summed E-state index contributed by atoms with van der Waals surface area (Å²) in [5.41, 5.74) is 0.515. The molecule has 1 saturated carbocycles. The third kappa shape index (κ3) is 3.53. The maximum absolute atomic E-state index is 12.2. The number of rotatable bonds is 2. The predicted molar refractivity (Wildman–Crippen MR) is 91.4 cm³/mol. The molecule has 0 radical (unpaired) electrons. The summed E-state index contributed by atoms with van der Waals surface area (Å²) in [6.45, 7) is 7.75. The smallest absolute Gasteiger partial charge is 0.309 e. The molecule has 3 rings (SSSR count). The number of aromatic nitrogens is 1. The van der Waals surface area contributed by atoms with Crippen molar-refractivity contribution in [2.75, 3.05) is 18.0 Å². The first-order valence-electron chi connectivity index (χ1n) is 8.64. The molecule has 2 fully saturated rings. The lowest BCUT2D eigenvalue weighted by atomic mass is 9.66. The van der Waals surface area contributed by atoms with Gasteiger partial charge in [0, 0.05) is 24.7 Å². The lowest BCUT2D eigenvalue weighted by molar-refractivity contribution is -0.162. The number of carbonyl (C=O) groups is 1. The van der Waals surface area contributed by atoms with E-state index in [2.05, 4.69) is 16.0 Å². The van der Waals surface area contributed by atoms with Gasteiger partial charge in [-0.25, -0.2) is 4.98 Å². The van der Waals surface area contributed by atoms with E-state index in [9.17, 15) is 4.79 Å². The number of nitrogens with zero attached hydrogens (tertiary/aromatic N) is 3. The van der Waals surface area contributed by atoms with Crippen LogP contribution < -0.4 is 4.90 Å². The highest BCUT2D eigenvalue weighted by molar-refractivity contribution is 5.73. The number of esters is 1. The van der Waals surface area contributed by atoms with Crippen LogP contribution in [-0.2, 0) is 9.53 Å². The molecule has 1 spiro atoms. The first kappa shape index (κ1) is 16.8. The van der Waals surface area contributed by atoms with Crippen molar-refractivity contribution < 1.29 is 9.53 Å². The molecular formula is C19H25N3O2. The highest BCUT2D eigenvalue weighted by Gasteiger charge is 2.47. The van der Waals surface area contributed by atoms with Gasteiger partial charge in [0.25, 0.3) is 0 Å². The lowest BCUT2D eigenvalue weighted by Crippen LogP contribution is -2.58. The van der Waals surface area contributed by atoms with Crippen LogP contribution >= 0.6 is 0 Å². The van der Waals surface area contributed by atoms with Gasteiger partial charge in [0.15, 0.2) is 0 Å². The van der Waals surface area contributed by atoms with E-state index in [0.29, 0.717) is 11.0 Å². The van der Waals surface area contributed by atoms with E-state index < -0.39 is 5.60 Å². The SMILES string of the molecule is CC(C)(C)OC(=O)C1CCC2(CC1)CN(c1ccc(C#N)cn1)C2. The number of anilines is 1. The van der Waals surface area contributed by atoms with Gasteiger partial charge >= 0.3 is 5.97 Å². The van der Waals surface area contributed by atoms with Crippen LogP contribution in [0.5, 0.6) is 0 Å². The van der Waals surface area contributed by atoms with E-state index in [0.717, 1.165) is 44.6 Å². The molecule has 1 saturated heterocycles. The molecule has 5 nitrogen and oxygen atoms in total. The van der Waals surface area contributed by atoms with Gasteiger partial charge < -0.3 is 9.64 Å². The molecule has 1 aromatic heterocycles. The average molecular weight is 327 g/mol. The van der Waals surface area contributed by atoms with Gasteiger partial charge in [-0.2, -0.15) is 5.26 Å². The summed E-state index contributed by atoms with van der Waals surface area (Å²) in [6, 6.07) is 5.82. The molecule has 1 aliphatic heterocycles. The molecule has 2 heterocycles. The van der Waals surface area contributed by atoms with Gasteiger partial charge in [-0.1, -0.05) is 0 Å². The Labute approximate surface area is 143 Å². The molecule has 0 unspecified atom stereocenters. The van der Waals surface area contributed by atoms with E-state index >= 15 is 0 Å². The van der Waals surface area contributed by atoms with Crippen LogP contribution in [0.2, 0.25) is 0 Å². The molecule has 24 heavy (non-hydrogen) atoms. The fourth-order valence-corrected chi connectivity index (χ4v) is 3.73. The Morgan fingerprint density at radius 1 is 1.33 bits per heavy atom. The summed E-state index contributed by atoms with van der Waals surface area (Å²) in [4.78, 5) is 18.8. The third-order valence-electron chi connectivity index (χ3n) is 5.04. The van der Waals surface area contributed by atoms with Crippen LogP contribution in [0.4, 0.5) is 5.82 Å². The van der Waals surface area contributed by atoms with Crippen LogP contribution in [0.1, 0.15) is 52.0 Å². The largest absolute Gasteiger partial charge is 0.460 e. The second-order valence-electron chi connectivity index (χ2n) is 8.18. The molecular weight excluding hydrogens is 302 g/mol. The maximum atomic E-state index is 12.2. The highest BCUT2D eigenvalue weighted by Crippen LogP contribution is 2.47. The van der Waals surface area contributed by atoms with Crippen LogP contribution in [0, 0.1) is 22.7 Å². The summed E-state index contributed by atoms with van der Waals surface area (Å²) in [5, 5.41) is 8.84. The minimum atomic E-state index is -0.402. The fraction of sp³-hybridized carbons (Fsp3) is 0.632. The van der Waals surface area contributed by atoms with E-state index in [-0.39, 0.29) is 11.9 Å². The average Bonchev–Trinajstić information content (AvgIpc) is 2.51. The summed E-state index contributed by atoms with van der Waals surface area (Å²) < 4.78 is 5.52. The van der Waals surface area contributed by atoms with Crippen molar-refractivity contribution in [1.82, 2.24) is 4.98 Å². The van der Waals surface area contributed by atoms with Crippen molar-refractivity contribution in [1.29, 1.82) is 5.26 Å². The quantitative estimate of drug-likeness (QED) is 0.780. The Bertz CT molecular complexity index is 639. The van der Waals surface area contributed by atoms with E-state index in [4.69, 9.17) is 10.00 Å². The summed E-state index contributed by atoms with van der Waals surface area (Å²) in [7, 11) is 0. The molecule has 0 aromatic carbocycles. The maximum Gasteiger partial charge on any atom is 0.309 e. The molecule has 128 valence electrons. The minimum Gasteiger partial charge on any atom is -0.460 e. The van der Waals surface area contributed by atoms with Crippen LogP contribution in [0.25, 0.3) is 0 Å². The monoisotopic (exact) mass is 327 g/mol. The third-order valence-corrected chi connectivity index (χ3v) is 5.04. The standard InChI is InChI=1S/C19H25N3O2/c1-18(2,3)24-17(23)15-6-8-19(9-7-15)12-22(13-19)16-5-4-14(10-20)11-21-16/h4-5,11,15H,6-9,12-13H2,1-3H3. The van der Waals surface area contributed by atoms with Crippen LogP contribution in [0.15, 0.2) is 18.3 Å². The van der Waals surface area contributed by atoms with Gasteiger partial charge in [0.1, 0.15) is 17.5 Å². The number of carbonyl (C=O) groups excluding carboxylic acids is 1. The Balaban J connectivity index is 1.51. The molecule has 2 aliphatic rings. The van der Waals surface area contributed by atoms with Crippen LogP contribution in [-0.4, -0.2) is 29.6 Å². The highest BCUT2D eigenvalue weighted by atomic mass is 16.6. The number of hydrogen-bond acceptors (Lipinski definition) is 5. The van der Waals surface area contributed by atoms with Crippen molar-refractivity contribution >= 4 is 11.8 Å². The zero-order valence-electron chi connectivity index (χ0n) is 14.7. The Morgan fingerprint density at radius 2 is 2.00 bits per heavy atom. The molecule has 0 amide bonds. The fourth-order valence-electron chi connectivity index (χ4n) is 3.73. The molecule has 0 atom stereocenters. The number of hydrogen-bond donors (Lipinski definition) is 0. The van der Waals surface area contributed by atoms with Gasteiger partial charge in [0.05, 0.1) is 11.5 Å². The Kier molecular flexibility index (Phi) is 4.25. The van der Waals surface area contributed by atoms with Crippen molar-refractivity contribution in [3.63, 3.8) is 0 Å². The summed E-state index contributed by atoms with van der Waals surface area (Å²) in [6.07, 6.45) is 5.61. The lowest BCUT2D eigenvalue weighted by Gasteiger charge is -2.53.